The molecule has 0 aliphatic carbocycles. The molecule has 0 saturated carbocycles. The Morgan fingerprint density at radius 3 is 2.71 bits per heavy atom. The molecule has 0 bridgehead atoms. The van der Waals surface area contributed by atoms with Gasteiger partial charge in [0, 0.05) is 30.4 Å². The number of aryl methyl sites for hydroxylation is 1. The molecule has 0 aliphatic rings. The Labute approximate surface area is 145 Å². The first kappa shape index (κ1) is 16.9. The number of benzene rings is 1. The maximum absolute atomic E-state index is 12.5. The average molecular weight is 365 g/mol. The fourth-order valence-electron chi connectivity index (χ4n) is 2.43. The highest BCUT2D eigenvalue weighted by molar-refractivity contribution is 7.89. The van der Waals surface area contributed by atoms with Crippen LogP contribution >= 0.6 is 11.6 Å². The van der Waals surface area contributed by atoms with Gasteiger partial charge in [0.25, 0.3) is 0 Å². The van der Waals surface area contributed by atoms with Crippen molar-refractivity contribution in [1.82, 2.24) is 19.3 Å². The number of aromatic nitrogens is 3. The predicted molar refractivity (Wildman–Crippen MR) is 93.6 cm³/mol. The van der Waals surface area contributed by atoms with Crippen molar-refractivity contribution < 1.29 is 8.42 Å². The molecule has 3 rings (SSSR count). The highest BCUT2D eigenvalue weighted by Crippen LogP contribution is 2.24. The van der Waals surface area contributed by atoms with E-state index in [2.05, 4.69) is 14.7 Å². The van der Waals surface area contributed by atoms with Crippen molar-refractivity contribution in [2.45, 2.75) is 25.3 Å². The van der Waals surface area contributed by atoms with E-state index in [4.69, 9.17) is 11.6 Å². The van der Waals surface area contributed by atoms with Gasteiger partial charge >= 0.3 is 0 Å². The molecule has 1 aromatic carbocycles. The van der Waals surface area contributed by atoms with Crippen molar-refractivity contribution in [2.75, 3.05) is 6.54 Å². The van der Waals surface area contributed by atoms with Crippen molar-refractivity contribution >= 4 is 32.4 Å². The Morgan fingerprint density at radius 2 is 2.00 bits per heavy atom. The van der Waals surface area contributed by atoms with Gasteiger partial charge < -0.3 is 4.57 Å². The zero-order valence-corrected chi connectivity index (χ0v) is 14.9. The van der Waals surface area contributed by atoms with Crippen molar-refractivity contribution in [3.63, 3.8) is 0 Å². The van der Waals surface area contributed by atoms with Crippen LogP contribution in [0.5, 0.6) is 0 Å². The lowest BCUT2D eigenvalue weighted by Crippen LogP contribution is -2.27. The number of nitrogens with zero attached hydrogens (tertiary/aromatic N) is 3. The zero-order chi connectivity index (χ0) is 17.3. The highest BCUT2D eigenvalue weighted by Gasteiger charge is 2.15. The normalized spacial score (nSPS) is 12.0. The van der Waals surface area contributed by atoms with Crippen molar-refractivity contribution in [3.05, 3.63) is 53.3 Å². The highest BCUT2D eigenvalue weighted by atomic mass is 35.5. The van der Waals surface area contributed by atoms with Crippen LogP contribution in [-0.2, 0) is 16.6 Å². The molecule has 0 fully saturated rings. The number of nitrogens with one attached hydrogen (secondary N) is 1. The van der Waals surface area contributed by atoms with E-state index in [0.717, 1.165) is 16.8 Å². The Balaban J connectivity index is 1.78. The Hall–Kier alpha value is -1.96. The molecular weight excluding hydrogens is 348 g/mol. The van der Waals surface area contributed by atoms with Crippen molar-refractivity contribution in [3.8, 4) is 0 Å². The molecule has 6 nitrogen and oxygen atoms in total. The second-order valence-electron chi connectivity index (χ2n) is 5.49. The van der Waals surface area contributed by atoms with Crippen LogP contribution in [0.2, 0.25) is 5.15 Å². The van der Waals surface area contributed by atoms with Gasteiger partial charge in [0.15, 0.2) is 0 Å². The van der Waals surface area contributed by atoms with Crippen LogP contribution < -0.4 is 4.72 Å². The minimum Gasteiger partial charge on any atom is -0.333 e. The molecule has 0 radical (unpaired) electrons. The van der Waals surface area contributed by atoms with Crippen LogP contribution in [0.3, 0.4) is 0 Å². The lowest BCUT2D eigenvalue weighted by Gasteiger charge is -2.09. The van der Waals surface area contributed by atoms with Gasteiger partial charge in [-0.15, -0.1) is 0 Å². The zero-order valence-electron chi connectivity index (χ0n) is 13.3. The monoisotopic (exact) mass is 364 g/mol. The second kappa shape index (κ2) is 6.51. The van der Waals surface area contributed by atoms with E-state index in [-0.39, 0.29) is 16.6 Å². The summed E-state index contributed by atoms with van der Waals surface area (Å²) >= 11 is 6.05. The second-order valence-corrected chi connectivity index (χ2v) is 7.62. The van der Waals surface area contributed by atoms with Gasteiger partial charge in [-0.05, 0) is 37.4 Å². The molecule has 0 spiro atoms. The molecule has 24 heavy (non-hydrogen) atoms. The third kappa shape index (κ3) is 3.28. The summed E-state index contributed by atoms with van der Waals surface area (Å²) in [5, 5.41) is 1.75. The van der Waals surface area contributed by atoms with Gasteiger partial charge in [-0.3, -0.25) is 0 Å². The number of imidazole rings is 1. The number of rotatable bonds is 5. The first-order valence-electron chi connectivity index (χ1n) is 7.41. The van der Waals surface area contributed by atoms with Crippen LogP contribution in [0.4, 0.5) is 0 Å². The van der Waals surface area contributed by atoms with Crippen molar-refractivity contribution in [1.29, 1.82) is 0 Å². The fourth-order valence-corrected chi connectivity index (χ4v) is 3.70. The van der Waals surface area contributed by atoms with E-state index < -0.39 is 10.0 Å². The molecule has 8 heteroatoms. The molecule has 126 valence electrons. The summed E-state index contributed by atoms with van der Waals surface area (Å²) in [5.41, 5.74) is 1.97. The summed E-state index contributed by atoms with van der Waals surface area (Å²) in [5.74, 6) is 0. The van der Waals surface area contributed by atoms with E-state index in [1.165, 1.54) is 0 Å². The maximum atomic E-state index is 12.5. The van der Waals surface area contributed by atoms with Crippen LogP contribution in [0.1, 0.15) is 11.4 Å². The minimum absolute atomic E-state index is 0.170. The smallest absolute Gasteiger partial charge is 0.240 e. The predicted octanol–water partition coefficient (Wildman–Crippen LogP) is 2.68. The number of hydrogen-bond acceptors (Lipinski definition) is 4. The van der Waals surface area contributed by atoms with E-state index in [0.29, 0.717) is 11.9 Å². The van der Waals surface area contributed by atoms with Crippen LogP contribution in [0.15, 0.2) is 41.7 Å². The van der Waals surface area contributed by atoms with Gasteiger partial charge in [-0.2, -0.15) is 0 Å². The summed E-state index contributed by atoms with van der Waals surface area (Å²) in [4.78, 5) is 8.35. The summed E-state index contributed by atoms with van der Waals surface area (Å²) in [6, 6.07) is 6.61. The number of hydrogen-bond donors (Lipinski definition) is 1. The van der Waals surface area contributed by atoms with Crippen molar-refractivity contribution in [2.24, 2.45) is 0 Å². The van der Waals surface area contributed by atoms with Gasteiger partial charge in [-0.1, -0.05) is 17.7 Å². The van der Waals surface area contributed by atoms with Crippen LogP contribution in [0.25, 0.3) is 10.8 Å². The van der Waals surface area contributed by atoms with E-state index in [1.54, 1.807) is 36.8 Å². The van der Waals surface area contributed by atoms with Gasteiger partial charge in [0.05, 0.1) is 16.9 Å². The molecule has 2 aromatic heterocycles. The largest absolute Gasteiger partial charge is 0.333 e. The first-order chi connectivity index (χ1) is 11.4. The van der Waals surface area contributed by atoms with Crippen LogP contribution in [0, 0.1) is 13.8 Å². The van der Waals surface area contributed by atoms with Crippen LogP contribution in [-0.4, -0.2) is 29.5 Å². The third-order valence-corrected chi connectivity index (χ3v) is 5.75. The van der Waals surface area contributed by atoms with Gasteiger partial charge in [0.1, 0.15) is 5.15 Å². The number of halogens is 1. The summed E-state index contributed by atoms with van der Waals surface area (Å²) in [6.45, 7) is 4.66. The summed E-state index contributed by atoms with van der Waals surface area (Å²) < 4.78 is 29.5. The van der Waals surface area contributed by atoms with Gasteiger partial charge in [-0.25, -0.2) is 23.1 Å². The summed E-state index contributed by atoms with van der Waals surface area (Å²) in [7, 11) is -3.61. The number of sulfonamides is 1. The summed E-state index contributed by atoms with van der Waals surface area (Å²) in [6.07, 6.45) is 3.30. The average Bonchev–Trinajstić information content (AvgIpc) is 2.87. The molecule has 0 atom stereocenters. The molecule has 0 saturated heterocycles. The molecule has 2 heterocycles. The fraction of sp³-hybridized carbons (Fsp3) is 0.250. The SMILES string of the molecule is Cc1ncn(CCNS(=O)(=O)c2ccc3ccnc(Cl)c3c2)c1C. The quantitative estimate of drug-likeness (QED) is 0.706. The van der Waals surface area contributed by atoms with E-state index in [1.807, 2.05) is 18.4 Å². The Morgan fingerprint density at radius 1 is 1.21 bits per heavy atom. The number of fused-ring (bicyclic) bond motifs is 1. The van der Waals surface area contributed by atoms with E-state index >= 15 is 0 Å². The molecule has 0 aliphatic heterocycles. The molecule has 1 N–H and O–H groups in total. The standard InChI is InChI=1S/C16H17ClN4O2S/c1-11-12(2)21(10-19-11)8-7-20-24(22,23)14-4-3-13-5-6-18-16(17)15(13)9-14/h3-6,9-10,20H,7-8H2,1-2H3. The molecule has 3 aromatic rings. The molecular formula is C16H17ClN4O2S. The molecule has 0 amide bonds. The topological polar surface area (TPSA) is 76.9 Å². The Bertz CT molecular complexity index is 998. The lowest BCUT2D eigenvalue weighted by atomic mass is 10.2. The van der Waals surface area contributed by atoms with E-state index in [9.17, 15) is 8.42 Å². The third-order valence-electron chi connectivity index (χ3n) is 3.99. The first-order valence-corrected chi connectivity index (χ1v) is 9.27. The van der Waals surface area contributed by atoms with Gasteiger partial charge in [0.2, 0.25) is 10.0 Å². The maximum Gasteiger partial charge on any atom is 0.240 e. The minimum atomic E-state index is -3.61. The molecule has 0 unspecified atom stereocenters. The Kier molecular flexibility index (Phi) is 4.58. The lowest BCUT2D eigenvalue weighted by molar-refractivity contribution is 0.571. The number of pyridine rings is 1.